The number of nitrogens with zero attached hydrogens (tertiary/aromatic N) is 1. The Morgan fingerprint density at radius 3 is 2.38 bits per heavy atom. The van der Waals surface area contributed by atoms with Crippen molar-refractivity contribution < 1.29 is 13.2 Å². The molecule has 84 valence electrons. The van der Waals surface area contributed by atoms with Crippen molar-refractivity contribution in [2.24, 2.45) is 0 Å². The van der Waals surface area contributed by atoms with Crippen molar-refractivity contribution in [2.75, 3.05) is 0 Å². The summed E-state index contributed by atoms with van der Waals surface area (Å²) >= 11 is 11.4. The highest BCUT2D eigenvalue weighted by Crippen LogP contribution is 2.33. The third-order valence-corrected chi connectivity index (χ3v) is 2.56. The number of rotatable bonds is 0. The molecule has 0 aliphatic rings. The van der Waals surface area contributed by atoms with Crippen LogP contribution >= 0.6 is 23.2 Å². The first-order valence-corrected chi connectivity index (χ1v) is 4.96. The van der Waals surface area contributed by atoms with Gasteiger partial charge in [-0.1, -0.05) is 23.2 Å². The van der Waals surface area contributed by atoms with Crippen molar-refractivity contribution in [3.63, 3.8) is 0 Å². The summed E-state index contributed by atoms with van der Waals surface area (Å²) in [4.78, 5) is 3.87. The standard InChI is InChI=1S/C10H4Cl2F3N/c11-7-4-9(12)16-8-2-1-5(3-6(7)8)10(13,14)15/h1-4H. The fourth-order valence-electron chi connectivity index (χ4n) is 1.33. The maximum absolute atomic E-state index is 12.4. The molecule has 16 heavy (non-hydrogen) atoms. The number of hydrogen-bond donors (Lipinski definition) is 0. The summed E-state index contributed by atoms with van der Waals surface area (Å²) in [6, 6.07) is 4.46. The highest BCUT2D eigenvalue weighted by Gasteiger charge is 2.30. The third-order valence-electron chi connectivity index (χ3n) is 2.05. The van der Waals surface area contributed by atoms with Crippen LogP contribution in [0.5, 0.6) is 0 Å². The SMILES string of the molecule is FC(F)(F)c1ccc2nc(Cl)cc(Cl)c2c1. The first kappa shape index (κ1) is 11.5. The Morgan fingerprint density at radius 2 is 1.75 bits per heavy atom. The Labute approximate surface area is 98.8 Å². The van der Waals surface area contributed by atoms with Gasteiger partial charge in [-0.3, -0.25) is 0 Å². The quantitative estimate of drug-likeness (QED) is 0.637. The Kier molecular flexibility index (Phi) is 2.72. The van der Waals surface area contributed by atoms with Crippen LogP contribution in [-0.2, 0) is 6.18 Å². The fraction of sp³-hybridized carbons (Fsp3) is 0.100. The van der Waals surface area contributed by atoms with Crippen LogP contribution in [0.25, 0.3) is 10.9 Å². The summed E-state index contributed by atoms with van der Waals surface area (Å²) in [5, 5.41) is 0.541. The van der Waals surface area contributed by atoms with E-state index in [1.807, 2.05) is 0 Å². The zero-order valence-electron chi connectivity index (χ0n) is 7.65. The molecule has 1 aromatic carbocycles. The van der Waals surface area contributed by atoms with Crippen LogP contribution in [0.2, 0.25) is 10.2 Å². The molecular weight excluding hydrogens is 262 g/mol. The molecule has 0 fully saturated rings. The van der Waals surface area contributed by atoms with Gasteiger partial charge in [0.05, 0.1) is 16.1 Å². The molecule has 1 nitrogen and oxygen atoms in total. The highest BCUT2D eigenvalue weighted by molar-refractivity contribution is 6.37. The molecule has 0 atom stereocenters. The Bertz CT molecular complexity index is 551. The lowest BCUT2D eigenvalue weighted by Crippen LogP contribution is -2.04. The monoisotopic (exact) mass is 265 g/mol. The summed E-state index contributed by atoms with van der Waals surface area (Å²) in [6.07, 6.45) is -4.39. The number of pyridine rings is 1. The predicted octanol–water partition coefficient (Wildman–Crippen LogP) is 4.56. The third kappa shape index (κ3) is 2.08. The Morgan fingerprint density at radius 1 is 1.06 bits per heavy atom. The molecule has 0 saturated carbocycles. The van der Waals surface area contributed by atoms with Gasteiger partial charge in [0.25, 0.3) is 0 Å². The van der Waals surface area contributed by atoms with Gasteiger partial charge in [-0.15, -0.1) is 0 Å². The first-order valence-electron chi connectivity index (χ1n) is 4.21. The van der Waals surface area contributed by atoms with Gasteiger partial charge in [-0.2, -0.15) is 13.2 Å². The maximum atomic E-state index is 12.4. The minimum Gasteiger partial charge on any atom is -0.236 e. The molecule has 6 heteroatoms. The van der Waals surface area contributed by atoms with Crippen LogP contribution in [0.3, 0.4) is 0 Å². The number of alkyl halides is 3. The van der Waals surface area contributed by atoms with Crippen molar-refractivity contribution in [3.8, 4) is 0 Å². The second-order valence-corrected chi connectivity index (χ2v) is 3.95. The molecule has 2 aromatic rings. The van der Waals surface area contributed by atoms with E-state index in [1.54, 1.807) is 0 Å². The van der Waals surface area contributed by atoms with Crippen LogP contribution in [0.1, 0.15) is 5.56 Å². The topological polar surface area (TPSA) is 12.9 Å². The van der Waals surface area contributed by atoms with E-state index < -0.39 is 11.7 Å². The molecular formula is C10H4Cl2F3N. The zero-order chi connectivity index (χ0) is 11.9. The number of halogens is 5. The van der Waals surface area contributed by atoms with Crippen molar-refractivity contribution in [1.82, 2.24) is 4.98 Å². The summed E-state index contributed by atoms with van der Waals surface area (Å²) in [5.41, 5.74) is -0.420. The first-order chi connectivity index (χ1) is 7.38. The number of fused-ring (bicyclic) bond motifs is 1. The second kappa shape index (κ2) is 3.79. The maximum Gasteiger partial charge on any atom is 0.416 e. The number of aromatic nitrogens is 1. The molecule has 2 rings (SSSR count). The van der Waals surface area contributed by atoms with E-state index in [-0.39, 0.29) is 15.6 Å². The van der Waals surface area contributed by atoms with Crippen LogP contribution in [0.15, 0.2) is 24.3 Å². The lowest BCUT2D eigenvalue weighted by Gasteiger charge is -2.08. The van der Waals surface area contributed by atoms with Gasteiger partial charge < -0.3 is 0 Å². The van der Waals surface area contributed by atoms with Crippen LogP contribution < -0.4 is 0 Å². The van der Waals surface area contributed by atoms with Gasteiger partial charge >= 0.3 is 6.18 Å². The summed E-state index contributed by atoms with van der Waals surface area (Å²) < 4.78 is 37.3. The molecule has 0 bridgehead atoms. The van der Waals surface area contributed by atoms with Crippen LogP contribution in [0, 0.1) is 0 Å². The molecule has 0 spiro atoms. The van der Waals surface area contributed by atoms with Gasteiger partial charge in [0.15, 0.2) is 0 Å². The van der Waals surface area contributed by atoms with Crippen molar-refractivity contribution in [2.45, 2.75) is 6.18 Å². The van der Waals surface area contributed by atoms with Gasteiger partial charge in [0.1, 0.15) is 5.15 Å². The summed E-state index contributed by atoms with van der Waals surface area (Å²) in [7, 11) is 0. The normalized spacial score (nSPS) is 12.1. The van der Waals surface area contributed by atoms with Crippen molar-refractivity contribution in [1.29, 1.82) is 0 Å². The minimum atomic E-state index is -4.39. The molecule has 0 N–H and O–H groups in total. The van der Waals surface area contributed by atoms with E-state index in [4.69, 9.17) is 23.2 Å². The molecule has 0 saturated heterocycles. The molecule has 1 aromatic heterocycles. The van der Waals surface area contributed by atoms with E-state index in [0.29, 0.717) is 5.52 Å². The lowest BCUT2D eigenvalue weighted by atomic mass is 10.1. The van der Waals surface area contributed by atoms with Gasteiger partial charge in [0.2, 0.25) is 0 Å². The minimum absolute atomic E-state index is 0.150. The number of benzene rings is 1. The van der Waals surface area contributed by atoms with E-state index in [9.17, 15) is 13.2 Å². The van der Waals surface area contributed by atoms with E-state index in [2.05, 4.69) is 4.98 Å². The summed E-state index contributed by atoms with van der Waals surface area (Å²) in [5.74, 6) is 0. The van der Waals surface area contributed by atoms with Gasteiger partial charge in [0, 0.05) is 5.39 Å². The average Bonchev–Trinajstić information content (AvgIpc) is 2.15. The smallest absolute Gasteiger partial charge is 0.236 e. The Hall–Kier alpha value is -1.00. The largest absolute Gasteiger partial charge is 0.416 e. The van der Waals surface area contributed by atoms with E-state index in [0.717, 1.165) is 12.1 Å². The highest BCUT2D eigenvalue weighted by atomic mass is 35.5. The zero-order valence-corrected chi connectivity index (χ0v) is 9.16. The second-order valence-electron chi connectivity index (χ2n) is 3.16. The molecule has 1 heterocycles. The van der Waals surface area contributed by atoms with E-state index >= 15 is 0 Å². The Balaban J connectivity index is 2.72. The molecule has 0 unspecified atom stereocenters. The van der Waals surface area contributed by atoms with Crippen LogP contribution in [0.4, 0.5) is 13.2 Å². The van der Waals surface area contributed by atoms with Crippen molar-refractivity contribution >= 4 is 34.1 Å². The molecule has 0 radical (unpaired) electrons. The number of hydrogen-bond acceptors (Lipinski definition) is 1. The molecule has 0 aliphatic heterocycles. The molecule has 0 amide bonds. The summed E-state index contributed by atoms with van der Waals surface area (Å²) in [6.45, 7) is 0. The fourth-order valence-corrected chi connectivity index (χ4v) is 1.84. The van der Waals surface area contributed by atoms with Gasteiger partial charge in [-0.05, 0) is 24.3 Å². The predicted molar refractivity (Wildman–Crippen MR) is 56.8 cm³/mol. The van der Waals surface area contributed by atoms with Crippen molar-refractivity contribution in [3.05, 3.63) is 40.0 Å². The molecule has 0 aliphatic carbocycles. The van der Waals surface area contributed by atoms with Gasteiger partial charge in [-0.25, -0.2) is 4.98 Å². The van der Waals surface area contributed by atoms with Crippen LogP contribution in [-0.4, -0.2) is 4.98 Å². The average molecular weight is 266 g/mol. The van der Waals surface area contributed by atoms with E-state index in [1.165, 1.54) is 12.1 Å². The lowest BCUT2D eigenvalue weighted by molar-refractivity contribution is -0.137.